The van der Waals surface area contributed by atoms with E-state index >= 15 is 0 Å². The molecule has 0 radical (unpaired) electrons. The fourth-order valence-corrected chi connectivity index (χ4v) is 3.88. The Kier molecular flexibility index (Phi) is 5.24. The Labute approximate surface area is 165 Å². The van der Waals surface area contributed by atoms with E-state index in [9.17, 15) is 9.59 Å². The number of allylic oxidation sites excluding steroid dienone is 2. The van der Waals surface area contributed by atoms with Crippen molar-refractivity contribution in [2.75, 3.05) is 7.11 Å². The van der Waals surface area contributed by atoms with Crippen LogP contribution in [0.25, 0.3) is 0 Å². The lowest BCUT2D eigenvalue weighted by molar-refractivity contribution is -0.143. The van der Waals surface area contributed by atoms with Crippen LogP contribution in [-0.2, 0) is 19.1 Å². The number of hydrogen-bond donors (Lipinski definition) is 1. The second-order valence-corrected chi connectivity index (χ2v) is 8.29. The Bertz CT molecular complexity index is 879. The van der Waals surface area contributed by atoms with Gasteiger partial charge in [-0.15, -0.1) is 0 Å². The highest BCUT2D eigenvalue weighted by Gasteiger charge is 2.45. The number of hydrogen-bond acceptors (Lipinski definition) is 6. The second kappa shape index (κ2) is 7.34. The van der Waals surface area contributed by atoms with E-state index in [0.29, 0.717) is 35.5 Å². The lowest BCUT2D eigenvalue weighted by Crippen LogP contribution is -2.36. The van der Waals surface area contributed by atoms with Crippen LogP contribution in [0.4, 0.5) is 0 Å². The van der Waals surface area contributed by atoms with Gasteiger partial charge in [0.2, 0.25) is 5.88 Å². The van der Waals surface area contributed by atoms with Gasteiger partial charge in [-0.3, -0.25) is 4.79 Å². The van der Waals surface area contributed by atoms with Crippen molar-refractivity contribution in [2.45, 2.75) is 52.6 Å². The summed E-state index contributed by atoms with van der Waals surface area (Å²) in [6.07, 6.45) is 0.600. The highest BCUT2D eigenvalue weighted by Crippen LogP contribution is 2.49. The smallest absolute Gasteiger partial charge is 0.340 e. The summed E-state index contributed by atoms with van der Waals surface area (Å²) in [6, 6.07) is 7.31. The Balaban J connectivity index is 2.21. The molecule has 0 spiro atoms. The van der Waals surface area contributed by atoms with E-state index in [4.69, 9.17) is 19.9 Å². The highest BCUT2D eigenvalue weighted by atomic mass is 16.5. The topological polar surface area (TPSA) is 87.8 Å². The predicted molar refractivity (Wildman–Crippen MR) is 104 cm³/mol. The zero-order valence-electron chi connectivity index (χ0n) is 17.0. The Morgan fingerprint density at radius 3 is 2.57 bits per heavy atom. The van der Waals surface area contributed by atoms with Crippen molar-refractivity contribution in [3.63, 3.8) is 0 Å². The maximum absolute atomic E-state index is 13.1. The van der Waals surface area contributed by atoms with Crippen LogP contribution in [0.15, 0.2) is 47.1 Å². The first-order valence-electron chi connectivity index (χ1n) is 9.42. The largest absolute Gasteiger partial charge is 0.496 e. The maximum Gasteiger partial charge on any atom is 0.340 e. The van der Waals surface area contributed by atoms with E-state index in [1.165, 1.54) is 0 Å². The van der Waals surface area contributed by atoms with Crippen molar-refractivity contribution in [1.29, 1.82) is 0 Å². The quantitative estimate of drug-likeness (QED) is 0.797. The van der Waals surface area contributed by atoms with Crippen molar-refractivity contribution in [1.82, 2.24) is 0 Å². The molecule has 0 saturated heterocycles. The van der Waals surface area contributed by atoms with Crippen LogP contribution in [-0.4, -0.2) is 25.0 Å². The molecule has 0 amide bonds. The summed E-state index contributed by atoms with van der Waals surface area (Å²) >= 11 is 0. The number of carbonyl (C=O) groups is 2. The van der Waals surface area contributed by atoms with Gasteiger partial charge < -0.3 is 19.9 Å². The van der Waals surface area contributed by atoms with Crippen LogP contribution < -0.4 is 10.5 Å². The number of rotatable bonds is 4. The van der Waals surface area contributed by atoms with Crippen molar-refractivity contribution >= 4 is 11.8 Å². The molecule has 1 unspecified atom stereocenters. The Morgan fingerprint density at radius 2 is 1.93 bits per heavy atom. The van der Waals surface area contributed by atoms with Crippen molar-refractivity contribution < 1.29 is 23.8 Å². The van der Waals surface area contributed by atoms with Crippen LogP contribution in [0, 0.1) is 5.41 Å². The van der Waals surface area contributed by atoms with E-state index in [-0.39, 0.29) is 28.8 Å². The van der Waals surface area contributed by atoms with E-state index in [0.717, 1.165) is 0 Å². The van der Waals surface area contributed by atoms with E-state index < -0.39 is 11.9 Å². The summed E-state index contributed by atoms with van der Waals surface area (Å²) in [5.74, 6) is -0.255. The molecule has 28 heavy (non-hydrogen) atoms. The van der Waals surface area contributed by atoms with Crippen molar-refractivity contribution in [3.05, 3.63) is 52.6 Å². The summed E-state index contributed by atoms with van der Waals surface area (Å²) in [6.45, 7) is 7.54. The molecule has 0 aromatic heterocycles. The van der Waals surface area contributed by atoms with Gasteiger partial charge in [0, 0.05) is 24.0 Å². The minimum Gasteiger partial charge on any atom is -0.496 e. The molecular weight excluding hydrogens is 358 g/mol. The van der Waals surface area contributed by atoms with E-state index in [1.807, 2.05) is 32.0 Å². The number of nitrogens with two attached hydrogens (primary N) is 1. The molecule has 6 nitrogen and oxygen atoms in total. The molecule has 1 aromatic rings. The Morgan fingerprint density at radius 1 is 1.25 bits per heavy atom. The van der Waals surface area contributed by atoms with Gasteiger partial charge in [-0.05, 0) is 25.3 Å². The normalized spacial score (nSPS) is 21.4. The van der Waals surface area contributed by atoms with Gasteiger partial charge in [0.05, 0.1) is 19.1 Å². The molecule has 1 atom stereocenters. The lowest BCUT2D eigenvalue weighted by Gasteiger charge is -2.38. The van der Waals surface area contributed by atoms with Crippen LogP contribution in [0.2, 0.25) is 0 Å². The first-order valence-corrected chi connectivity index (χ1v) is 9.42. The average Bonchev–Trinajstić information content (AvgIpc) is 2.58. The van der Waals surface area contributed by atoms with E-state index in [1.54, 1.807) is 27.0 Å². The molecule has 3 rings (SSSR count). The summed E-state index contributed by atoms with van der Waals surface area (Å²) in [4.78, 5) is 26.0. The van der Waals surface area contributed by atoms with Gasteiger partial charge in [0.15, 0.2) is 5.78 Å². The number of Topliss-reactive ketones (excluding diaryl/α,β-unsaturated/α-hetero) is 1. The molecule has 2 N–H and O–H groups in total. The average molecular weight is 385 g/mol. The number of benzene rings is 1. The van der Waals surface area contributed by atoms with Gasteiger partial charge in [-0.1, -0.05) is 32.0 Å². The molecule has 1 aliphatic heterocycles. The van der Waals surface area contributed by atoms with Gasteiger partial charge in [0.1, 0.15) is 17.1 Å². The van der Waals surface area contributed by atoms with Gasteiger partial charge in [-0.25, -0.2) is 4.79 Å². The Hall–Kier alpha value is -2.76. The number of methoxy groups -OCH3 is 1. The van der Waals surface area contributed by atoms with Crippen LogP contribution >= 0.6 is 0 Å². The van der Waals surface area contributed by atoms with E-state index in [2.05, 4.69) is 0 Å². The first kappa shape index (κ1) is 20.0. The number of para-hydroxylation sites is 1. The monoisotopic (exact) mass is 385 g/mol. The third kappa shape index (κ3) is 3.63. The SMILES string of the molecule is COc1ccccc1C1C(C(=O)OC(C)C)=C(N)OC2=C1C(=O)CC(C)(C)C2. The van der Waals surface area contributed by atoms with Gasteiger partial charge >= 0.3 is 5.97 Å². The molecule has 1 heterocycles. The van der Waals surface area contributed by atoms with Crippen LogP contribution in [0.3, 0.4) is 0 Å². The summed E-state index contributed by atoms with van der Waals surface area (Å²) in [5, 5.41) is 0. The van der Waals surface area contributed by atoms with Gasteiger partial charge in [-0.2, -0.15) is 0 Å². The molecule has 1 aliphatic carbocycles. The first-order chi connectivity index (χ1) is 13.1. The molecule has 2 aliphatic rings. The third-order valence-corrected chi connectivity index (χ3v) is 4.97. The number of esters is 1. The second-order valence-electron chi connectivity index (χ2n) is 8.29. The number of carbonyl (C=O) groups excluding carboxylic acids is 2. The summed E-state index contributed by atoms with van der Waals surface area (Å²) in [7, 11) is 1.55. The minimum absolute atomic E-state index is 0.0224. The van der Waals surface area contributed by atoms with Crippen LogP contribution in [0.5, 0.6) is 5.75 Å². The standard InChI is InChI=1S/C22H27NO5/c1-12(2)27-21(25)19-17(13-8-6-7-9-15(13)26-5)18-14(24)10-22(3,4)11-16(18)28-20(19)23/h6-9,12,17H,10-11,23H2,1-5H3. The maximum atomic E-state index is 13.1. The van der Waals surface area contributed by atoms with Crippen molar-refractivity contribution in [3.8, 4) is 5.75 Å². The molecular formula is C22H27NO5. The molecule has 1 aromatic carbocycles. The predicted octanol–water partition coefficient (Wildman–Crippen LogP) is 3.57. The molecule has 0 fully saturated rings. The van der Waals surface area contributed by atoms with Gasteiger partial charge in [0.25, 0.3) is 0 Å². The molecule has 6 heteroatoms. The molecule has 0 saturated carbocycles. The van der Waals surface area contributed by atoms with Crippen molar-refractivity contribution in [2.24, 2.45) is 11.1 Å². The fraction of sp³-hybridized carbons (Fsp3) is 0.455. The minimum atomic E-state index is -0.685. The number of ether oxygens (including phenoxy) is 3. The molecule has 0 bridgehead atoms. The third-order valence-electron chi connectivity index (χ3n) is 4.97. The highest BCUT2D eigenvalue weighted by molar-refractivity contribution is 6.03. The fourth-order valence-electron chi connectivity index (χ4n) is 3.88. The zero-order chi connectivity index (χ0) is 20.6. The summed E-state index contributed by atoms with van der Waals surface area (Å²) < 4.78 is 16.7. The molecule has 150 valence electrons. The summed E-state index contributed by atoms with van der Waals surface area (Å²) in [5.41, 5.74) is 7.25. The number of ketones is 1. The van der Waals surface area contributed by atoms with Crippen LogP contribution in [0.1, 0.15) is 52.0 Å². The lowest BCUT2D eigenvalue weighted by atomic mass is 9.70. The zero-order valence-corrected chi connectivity index (χ0v) is 17.0.